The van der Waals surface area contributed by atoms with Crippen LogP contribution in [-0.2, 0) is 18.9 Å². The largest absolute Gasteiger partial charge is 0.509 e. The Kier molecular flexibility index (Phi) is 1.31. The van der Waals surface area contributed by atoms with Crippen molar-refractivity contribution in [2.45, 2.75) is 24.4 Å². The lowest BCUT2D eigenvalue weighted by Crippen LogP contribution is -2.43. The molecule has 2 fully saturated rings. The minimum Gasteiger partial charge on any atom is -0.423 e. The lowest BCUT2D eigenvalue weighted by molar-refractivity contribution is 0.0201. The van der Waals surface area contributed by atoms with Gasteiger partial charge in [-0.25, -0.2) is 9.59 Å². The standard InChI is InChI=1S/C8H6O6/c9-7-11-3-1-2-4-6(5(3)13-7)14-8(10)12-4/h1-6H/t3-,4-,5-,6-/m1/s1. The summed E-state index contributed by atoms with van der Waals surface area (Å²) >= 11 is 0. The van der Waals surface area contributed by atoms with E-state index in [9.17, 15) is 9.59 Å². The number of fused-ring (bicyclic) bond motifs is 3. The van der Waals surface area contributed by atoms with Gasteiger partial charge < -0.3 is 18.9 Å². The lowest BCUT2D eigenvalue weighted by Gasteiger charge is -2.23. The van der Waals surface area contributed by atoms with Crippen molar-refractivity contribution in [3.05, 3.63) is 12.2 Å². The van der Waals surface area contributed by atoms with Crippen molar-refractivity contribution >= 4 is 12.3 Å². The molecule has 4 atom stereocenters. The molecular weight excluding hydrogens is 192 g/mol. The summed E-state index contributed by atoms with van der Waals surface area (Å²) < 4.78 is 19.3. The highest BCUT2D eigenvalue weighted by molar-refractivity contribution is 5.66. The first kappa shape index (κ1) is 7.66. The van der Waals surface area contributed by atoms with Gasteiger partial charge >= 0.3 is 12.3 Å². The molecule has 14 heavy (non-hydrogen) atoms. The Hall–Kier alpha value is -1.72. The SMILES string of the molecule is O=C1O[C@H]2[C@@H]3OC(=O)O[C@@H]3C=C[C@H]2O1. The number of ether oxygens (including phenoxy) is 4. The molecule has 3 aliphatic rings. The summed E-state index contributed by atoms with van der Waals surface area (Å²) in [7, 11) is 0. The molecule has 2 aliphatic heterocycles. The van der Waals surface area contributed by atoms with Crippen molar-refractivity contribution in [1.82, 2.24) is 0 Å². The van der Waals surface area contributed by atoms with E-state index in [1.165, 1.54) is 0 Å². The van der Waals surface area contributed by atoms with Gasteiger partial charge in [0.05, 0.1) is 0 Å². The number of hydrogen-bond donors (Lipinski definition) is 0. The fraction of sp³-hybridized carbons (Fsp3) is 0.500. The maximum absolute atomic E-state index is 10.8. The maximum atomic E-state index is 10.8. The van der Waals surface area contributed by atoms with Gasteiger partial charge in [-0.1, -0.05) is 0 Å². The molecule has 2 heterocycles. The highest BCUT2D eigenvalue weighted by atomic mass is 16.8. The summed E-state index contributed by atoms with van der Waals surface area (Å²) in [5.41, 5.74) is 0. The highest BCUT2D eigenvalue weighted by Gasteiger charge is 2.52. The molecule has 1 aliphatic carbocycles. The molecule has 0 unspecified atom stereocenters. The Balaban J connectivity index is 1.91. The van der Waals surface area contributed by atoms with E-state index >= 15 is 0 Å². The Morgan fingerprint density at radius 2 is 1.21 bits per heavy atom. The second-order valence-electron chi connectivity index (χ2n) is 3.21. The van der Waals surface area contributed by atoms with Crippen LogP contribution in [0.2, 0.25) is 0 Å². The Labute approximate surface area is 78.4 Å². The van der Waals surface area contributed by atoms with Gasteiger partial charge in [-0.05, 0) is 12.2 Å². The second kappa shape index (κ2) is 2.40. The first-order valence-corrected chi connectivity index (χ1v) is 4.17. The number of carbonyl (C=O) groups is 2. The van der Waals surface area contributed by atoms with Crippen molar-refractivity contribution in [3.63, 3.8) is 0 Å². The van der Waals surface area contributed by atoms with Crippen molar-refractivity contribution in [1.29, 1.82) is 0 Å². The zero-order valence-electron chi connectivity index (χ0n) is 6.91. The highest BCUT2D eigenvalue weighted by Crippen LogP contribution is 2.32. The fourth-order valence-electron chi connectivity index (χ4n) is 1.79. The number of hydrogen-bond acceptors (Lipinski definition) is 6. The minimum absolute atomic E-state index is 0.474. The van der Waals surface area contributed by atoms with Gasteiger partial charge in [-0.15, -0.1) is 0 Å². The second-order valence-corrected chi connectivity index (χ2v) is 3.21. The summed E-state index contributed by atoms with van der Waals surface area (Å²) in [5.74, 6) is 0. The van der Waals surface area contributed by atoms with Crippen molar-refractivity contribution < 1.29 is 28.5 Å². The van der Waals surface area contributed by atoms with Crippen LogP contribution in [0.1, 0.15) is 0 Å². The van der Waals surface area contributed by atoms with Crippen molar-refractivity contribution in [2.75, 3.05) is 0 Å². The van der Waals surface area contributed by atoms with E-state index < -0.39 is 36.7 Å². The molecule has 3 rings (SSSR count). The van der Waals surface area contributed by atoms with Gasteiger partial charge in [0.15, 0.2) is 24.4 Å². The molecule has 0 aromatic carbocycles. The molecule has 6 heteroatoms. The topological polar surface area (TPSA) is 71.1 Å². The summed E-state index contributed by atoms with van der Waals surface area (Å²) in [4.78, 5) is 21.6. The summed E-state index contributed by atoms with van der Waals surface area (Å²) in [6.07, 6.45) is -0.317. The van der Waals surface area contributed by atoms with E-state index in [1.54, 1.807) is 12.2 Å². The van der Waals surface area contributed by atoms with Gasteiger partial charge in [0.1, 0.15) is 0 Å². The van der Waals surface area contributed by atoms with Gasteiger partial charge in [0.25, 0.3) is 0 Å². The molecule has 0 radical (unpaired) electrons. The monoisotopic (exact) mass is 198 g/mol. The van der Waals surface area contributed by atoms with E-state index in [4.69, 9.17) is 18.9 Å². The van der Waals surface area contributed by atoms with Crippen LogP contribution in [0.25, 0.3) is 0 Å². The fourth-order valence-corrected chi connectivity index (χ4v) is 1.79. The molecule has 0 bridgehead atoms. The zero-order valence-corrected chi connectivity index (χ0v) is 6.91. The van der Waals surface area contributed by atoms with E-state index in [2.05, 4.69) is 0 Å². The third-order valence-corrected chi connectivity index (χ3v) is 2.39. The molecule has 0 N–H and O–H groups in total. The third-order valence-electron chi connectivity index (χ3n) is 2.39. The van der Waals surface area contributed by atoms with E-state index in [1.807, 2.05) is 0 Å². The molecule has 0 aromatic rings. The molecular formula is C8H6O6. The van der Waals surface area contributed by atoms with Crippen LogP contribution in [0, 0.1) is 0 Å². The van der Waals surface area contributed by atoms with Crippen LogP contribution in [0.4, 0.5) is 9.59 Å². The van der Waals surface area contributed by atoms with Crippen LogP contribution in [0.3, 0.4) is 0 Å². The minimum atomic E-state index is -0.742. The number of carbonyl (C=O) groups excluding carboxylic acids is 2. The third kappa shape index (κ3) is 0.905. The summed E-state index contributed by atoms with van der Waals surface area (Å²) in [6, 6.07) is 0. The van der Waals surface area contributed by atoms with Crippen LogP contribution in [0.15, 0.2) is 12.2 Å². The van der Waals surface area contributed by atoms with Gasteiger partial charge in [0.2, 0.25) is 0 Å². The molecule has 0 saturated carbocycles. The van der Waals surface area contributed by atoms with Crippen molar-refractivity contribution in [3.8, 4) is 0 Å². The van der Waals surface area contributed by atoms with Crippen LogP contribution in [-0.4, -0.2) is 36.7 Å². The molecule has 6 nitrogen and oxygen atoms in total. The molecule has 0 spiro atoms. The molecule has 2 saturated heterocycles. The first-order chi connectivity index (χ1) is 6.74. The average Bonchev–Trinajstić information content (AvgIpc) is 2.65. The average molecular weight is 198 g/mol. The predicted molar refractivity (Wildman–Crippen MR) is 39.4 cm³/mol. The Morgan fingerprint density at radius 1 is 0.786 bits per heavy atom. The van der Waals surface area contributed by atoms with Gasteiger partial charge in [-0.3, -0.25) is 0 Å². The first-order valence-electron chi connectivity index (χ1n) is 4.17. The van der Waals surface area contributed by atoms with E-state index in [0.29, 0.717) is 0 Å². The Morgan fingerprint density at radius 3 is 1.64 bits per heavy atom. The van der Waals surface area contributed by atoms with Crippen molar-refractivity contribution in [2.24, 2.45) is 0 Å². The lowest BCUT2D eigenvalue weighted by atomic mass is 9.97. The number of rotatable bonds is 0. The molecule has 0 aromatic heterocycles. The van der Waals surface area contributed by atoms with Crippen LogP contribution < -0.4 is 0 Å². The molecule has 0 amide bonds. The van der Waals surface area contributed by atoms with E-state index in [0.717, 1.165) is 0 Å². The Bertz CT molecular complexity index is 303. The zero-order chi connectivity index (χ0) is 9.71. The summed E-state index contributed by atoms with van der Waals surface area (Å²) in [6.45, 7) is 0. The van der Waals surface area contributed by atoms with Gasteiger partial charge in [0, 0.05) is 0 Å². The summed E-state index contributed by atoms with van der Waals surface area (Å²) in [5, 5.41) is 0. The van der Waals surface area contributed by atoms with E-state index in [-0.39, 0.29) is 0 Å². The van der Waals surface area contributed by atoms with Gasteiger partial charge in [-0.2, -0.15) is 0 Å². The smallest absolute Gasteiger partial charge is 0.423 e. The quantitative estimate of drug-likeness (QED) is 0.413. The van der Waals surface area contributed by atoms with Crippen LogP contribution in [0.5, 0.6) is 0 Å². The predicted octanol–water partition coefficient (Wildman–Crippen LogP) is 0.364. The molecule has 74 valence electrons. The normalized spacial score (nSPS) is 43.1. The van der Waals surface area contributed by atoms with Crippen LogP contribution >= 0.6 is 0 Å². The maximum Gasteiger partial charge on any atom is 0.509 e.